The monoisotopic (exact) mass is 552 g/mol. The van der Waals surface area contributed by atoms with E-state index in [0.29, 0.717) is 23.9 Å². The van der Waals surface area contributed by atoms with Crippen LogP contribution in [-0.4, -0.2) is 88.3 Å². The summed E-state index contributed by atoms with van der Waals surface area (Å²) < 4.78 is 69.5. The molecule has 2 aromatic rings. The Labute approximate surface area is 213 Å². The largest absolute Gasteiger partial charge is 0.490 e. The predicted octanol–water partition coefficient (Wildman–Crippen LogP) is 3.34. The molecule has 1 aromatic carbocycles. The number of ether oxygens (including phenoxy) is 1. The van der Waals surface area contributed by atoms with Gasteiger partial charge in [0.2, 0.25) is 5.95 Å². The standard InChI is InChI=1S/C19H24N4O.2C2HF3O2/c1-2-5-15(6-3-1)7-10-23-12-17-16(14-24-18(17)13-23)11-22-19-20-8-4-9-21-19;2*3-2(4,5)1(6)7/h1-6,8-9,16-18H,7,10-14H2,(H,20,21,22);2*(H,6,7)/t16-,17-,18-;;/m1../s1. The summed E-state index contributed by atoms with van der Waals surface area (Å²) in [6, 6.07) is 12.6. The third-order valence-electron chi connectivity index (χ3n) is 5.65. The SMILES string of the molecule is O=C(O)C(F)(F)F.O=C(O)C(F)(F)F.c1ccc(CCN2C[C@@H]3[C@H](CNc4ncccn4)CO[C@@H]3C2)cc1. The van der Waals surface area contributed by atoms with Crippen LogP contribution >= 0.6 is 0 Å². The van der Waals surface area contributed by atoms with Crippen LogP contribution in [-0.2, 0) is 20.7 Å². The lowest BCUT2D eigenvalue weighted by Gasteiger charge is -2.20. The molecule has 0 radical (unpaired) electrons. The molecule has 3 N–H and O–H groups in total. The fourth-order valence-electron chi connectivity index (χ4n) is 3.82. The minimum atomic E-state index is -5.08. The van der Waals surface area contributed by atoms with E-state index in [-0.39, 0.29) is 0 Å². The van der Waals surface area contributed by atoms with Gasteiger partial charge < -0.3 is 25.2 Å². The van der Waals surface area contributed by atoms with E-state index >= 15 is 0 Å². The van der Waals surface area contributed by atoms with Gasteiger partial charge in [0.1, 0.15) is 0 Å². The third kappa shape index (κ3) is 10.5. The number of nitrogens with one attached hydrogen (secondary N) is 1. The van der Waals surface area contributed by atoms with Crippen molar-refractivity contribution in [2.24, 2.45) is 11.8 Å². The number of carboxylic acids is 2. The molecule has 0 spiro atoms. The van der Waals surface area contributed by atoms with Gasteiger partial charge in [-0.1, -0.05) is 30.3 Å². The van der Waals surface area contributed by atoms with E-state index in [1.165, 1.54) is 5.56 Å². The fourth-order valence-corrected chi connectivity index (χ4v) is 3.82. The summed E-state index contributed by atoms with van der Waals surface area (Å²) in [5, 5.41) is 17.6. The lowest BCUT2D eigenvalue weighted by molar-refractivity contribution is -0.193. The van der Waals surface area contributed by atoms with Crippen LogP contribution in [0.1, 0.15) is 5.56 Å². The maximum atomic E-state index is 10.6. The van der Waals surface area contributed by atoms with Crippen LogP contribution in [0.25, 0.3) is 0 Å². The average Bonchev–Trinajstić information content (AvgIpc) is 3.43. The molecule has 2 aliphatic rings. The van der Waals surface area contributed by atoms with Crippen LogP contribution in [0.15, 0.2) is 48.8 Å². The summed E-state index contributed by atoms with van der Waals surface area (Å²) in [6.07, 6.45) is -5.13. The van der Waals surface area contributed by atoms with Crippen LogP contribution in [0, 0.1) is 11.8 Å². The second-order valence-electron chi connectivity index (χ2n) is 8.35. The summed E-state index contributed by atoms with van der Waals surface area (Å²) in [5.41, 5.74) is 1.41. The molecular weight excluding hydrogens is 526 g/mol. The highest BCUT2D eigenvalue weighted by atomic mass is 19.4. The van der Waals surface area contributed by atoms with Crippen LogP contribution in [0.2, 0.25) is 0 Å². The van der Waals surface area contributed by atoms with Gasteiger partial charge in [0.15, 0.2) is 0 Å². The van der Waals surface area contributed by atoms with Crippen LogP contribution in [0.5, 0.6) is 0 Å². The van der Waals surface area contributed by atoms with Crippen molar-refractivity contribution in [2.45, 2.75) is 24.9 Å². The van der Waals surface area contributed by atoms with Crippen LogP contribution in [0.3, 0.4) is 0 Å². The van der Waals surface area contributed by atoms with E-state index in [1.807, 2.05) is 6.07 Å². The Balaban J connectivity index is 0.000000301. The van der Waals surface area contributed by atoms with Gasteiger partial charge in [-0.05, 0) is 18.1 Å². The van der Waals surface area contributed by atoms with Crippen LogP contribution in [0.4, 0.5) is 32.3 Å². The van der Waals surface area contributed by atoms with Crippen molar-refractivity contribution >= 4 is 17.9 Å². The zero-order valence-corrected chi connectivity index (χ0v) is 19.8. The third-order valence-corrected chi connectivity index (χ3v) is 5.65. The van der Waals surface area contributed by atoms with Gasteiger partial charge >= 0.3 is 24.3 Å². The molecule has 38 heavy (non-hydrogen) atoms. The van der Waals surface area contributed by atoms with Crippen molar-refractivity contribution in [1.29, 1.82) is 0 Å². The summed E-state index contributed by atoms with van der Waals surface area (Å²) >= 11 is 0. The average molecular weight is 552 g/mol. The molecule has 9 nitrogen and oxygen atoms in total. The van der Waals surface area contributed by atoms with Gasteiger partial charge in [-0.25, -0.2) is 19.6 Å². The maximum Gasteiger partial charge on any atom is 0.490 e. The van der Waals surface area contributed by atoms with Crippen molar-refractivity contribution in [1.82, 2.24) is 14.9 Å². The van der Waals surface area contributed by atoms with Crippen molar-refractivity contribution in [3.05, 3.63) is 54.4 Å². The molecule has 0 saturated carbocycles. The Bertz CT molecular complexity index is 987. The number of aliphatic carboxylic acids is 2. The molecule has 0 aliphatic carbocycles. The smallest absolute Gasteiger partial charge is 0.475 e. The summed E-state index contributed by atoms with van der Waals surface area (Å²) in [7, 11) is 0. The summed E-state index contributed by atoms with van der Waals surface area (Å²) in [5.74, 6) is -3.64. The highest BCUT2D eigenvalue weighted by molar-refractivity contribution is 5.73. The zero-order valence-electron chi connectivity index (χ0n) is 19.8. The lowest BCUT2D eigenvalue weighted by atomic mass is 9.93. The highest BCUT2D eigenvalue weighted by Gasteiger charge is 2.43. The highest BCUT2D eigenvalue weighted by Crippen LogP contribution is 2.33. The second kappa shape index (κ2) is 13.9. The first-order valence-electron chi connectivity index (χ1n) is 11.3. The molecule has 2 aliphatic heterocycles. The number of nitrogens with zero attached hydrogens (tertiary/aromatic N) is 3. The first-order chi connectivity index (χ1) is 17.8. The topological polar surface area (TPSA) is 125 Å². The van der Waals surface area contributed by atoms with Crippen molar-refractivity contribution in [3.8, 4) is 0 Å². The maximum absolute atomic E-state index is 10.6. The van der Waals surface area contributed by atoms with Gasteiger partial charge in [0.05, 0.1) is 12.7 Å². The molecule has 4 rings (SSSR count). The molecular formula is C23H26F6N4O5. The summed E-state index contributed by atoms with van der Waals surface area (Å²) in [4.78, 5) is 28.8. The van der Waals surface area contributed by atoms with E-state index in [2.05, 4.69) is 50.5 Å². The number of anilines is 1. The van der Waals surface area contributed by atoms with Gasteiger partial charge in [-0.2, -0.15) is 26.3 Å². The molecule has 0 bridgehead atoms. The van der Waals surface area contributed by atoms with E-state index in [9.17, 15) is 26.3 Å². The number of benzene rings is 1. The number of aromatic nitrogens is 2. The van der Waals surface area contributed by atoms with Gasteiger partial charge in [-0.3, -0.25) is 0 Å². The zero-order chi connectivity index (χ0) is 28.3. The second-order valence-corrected chi connectivity index (χ2v) is 8.35. The van der Waals surface area contributed by atoms with Crippen molar-refractivity contribution in [2.75, 3.05) is 38.1 Å². The Morgan fingerprint density at radius 3 is 2.03 bits per heavy atom. The minimum absolute atomic E-state index is 0.393. The van der Waals surface area contributed by atoms with Gasteiger partial charge in [-0.15, -0.1) is 0 Å². The Hall–Kier alpha value is -3.46. The molecule has 0 unspecified atom stereocenters. The molecule has 15 heteroatoms. The number of halogens is 6. The minimum Gasteiger partial charge on any atom is -0.475 e. The molecule has 2 saturated heterocycles. The van der Waals surface area contributed by atoms with Crippen LogP contribution < -0.4 is 5.32 Å². The predicted molar refractivity (Wildman–Crippen MR) is 121 cm³/mol. The number of hydrogen-bond acceptors (Lipinski definition) is 7. The molecule has 3 heterocycles. The number of alkyl halides is 6. The normalized spacial score (nSPS) is 20.8. The van der Waals surface area contributed by atoms with E-state index in [4.69, 9.17) is 24.5 Å². The first kappa shape index (κ1) is 30.8. The molecule has 3 atom stereocenters. The molecule has 0 amide bonds. The first-order valence-corrected chi connectivity index (χ1v) is 11.3. The van der Waals surface area contributed by atoms with Gasteiger partial charge in [0.25, 0.3) is 0 Å². The number of carboxylic acid groups (broad SMARTS) is 2. The molecule has 210 valence electrons. The number of fused-ring (bicyclic) bond motifs is 1. The molecule has 2 fully saturated rings. The fraction of sp³-hybridized carbons (Fsp3) is 0.478. The Morgan fingerprint density at radius 2 is 1.50 bits per heavy atom. The van der Waals surface area contributed by atoms with Gasteiger partial charge in [0, 0.05) is 50.4 Å². The van der Waals surface area contributed by atoms with E-state index < -0.39 is 24.3 Å². The quantitative estimate of drug-likeness (QED) is 0.463. The Kier molecular flexibility index (Phi) is 11.3. The number of carbonyl (C=O) groups is 2. The number of hydrogen-bond donors (Lipinski definition) is 3. The number of likely N-dealkylation sites (tertiary alicyclic amines) is 1. The number of rotatable bonds is 6. The van der Waals surface area contributed by atoms with Crippen molar-refractivity contribution < 1.29 is 50.9 Å². The van der Waals surface area contributed by atoms with E-state index in [1.54, 1.807) is 12.4 Å². The Morgan fingerprint density at radius 1 is 0.947 bits per heavy atom. The summed E-state index contributed by atoms with van der Waals surface area (Å²) in [6.45, 7) is 5.05. The lowest BCUT2D eigenvalue weighted by Crippen LogP contribution is -2.29. The van der Waals surface area contributed by atoms with Crippen molar-refractivity contribution in [3.63, 3.8) is 0 Å². The van der Waals surface area contributed by atoms with E-state index in [0.717, 1.165) is 39.2 Å². The molecule has 1 aromatic heterocycles.